The van der Waals surface area contributed by atoms with Crippen LogP contribution < -0.4 is 10.6 Å². The van der Waals surface area contributed by atoms with Crippen molar-refractivity contribution in [3.63, 3.8) is 0 Å². The van der Waals surface area contributed by atoms with Gasteiger partial charge in [0.25, 0.3) is 0 Å². The molecular formula is C26H21ClN6O3. The maximum Gasteiger partial charge on any atom is 0.338 e. The second-order valence-electron chi connectivity index (χ2n) is 8.08. The largest absolute Gasteiger partial charge is 0.457 e. The van der Waals surface area contributed by atoms with E-state index in [1.165, 1.54) is 0 Å². The summed E-state index contributed by atoms with van der Waals surface area (Å²) in [5, 5.41) is 14.5. The lowest BCUT2D eigenvalue weighted by molar-refractivity contribution is -0.140. The van der Waals surface area contributed by atoms with Gasteiger partial charge < -0.3 is 15.4 Å². The number of ether oxygens (including phenoxy) is 1. The third kappa shape index (κ3) is 5.26. The van der Waals surface area contributed by atoms with E-state index in [0.29, 0.717) is 22.0 Å². The van der Waals surface area contributed by atoms with Crippen molar-refractivity contribution >= 4 is 23.6 Å². The van der Waals surface area contributed by atoms with Crippen molar-refractivity contribution in [1.82, 2.24) is 30.6 Å². The Balaban J connectivity index is 1.49. The van der Waals surface area contributed by atoms with Gasteiger partial charge >= 0.3 is 12.0 Å². The Hall–Kier alpha value is -4.50. The number of hydrogen-bond acceptors (Lipinski definition) is 6. The van der Waals surface area contributed by atoms with Gasteiger partial charge in [-0.3, -0.25) is 4.98 Å². The first-order chi connectivity index (χ1) is 17.6. The molecule has 36 heavy (non-hydrogen) atoms. The summed E-state index contributed by atoms with van der Waals surface area (Å²) in [5.41, 5.74) is 3.58. The second-order valence-corrected chi connectivity index (χ2v) is 8.52. The quantitative estimate of drug-likeness (QED) is 0.370. The van der Waals surface area contributed by atoms with E-state index in [0.717, 1.165) is 11.1 Å². The van der Waals surface area contributed by atoms with Gasteiger partial charge in [-0.05, 0) is 35.4 Å². The smallest absolute Gasteiger partial charge is 0.338 e. The van der Waals surface area contributed by atoms with E-state index in [9.17, 15) is 9.59 Å². The molecule has 2 amide bonds. The molecule has 2 aromatic carbocycles. The number of rotatable bonds is 7. The van der Waals surface area contributed by atoms with Crippen molar-refractivity contribution in [2.24, 2.45) is 0 Å². The standard InChI is InChI=1S/C26H21ClN6O3/c27-20-10-8-18(9-11-20)24-23(25(34)36-16-17-5-2-1-3-6-17)22(29-26(35)30-24)15-33-14-21(31-32-33)19-7-4-12-28-13-19/h1-14,24H,15-16H2,(H2,29,30,35). The molecule has 9 nitrogen and oxygen atoms in total. The predicted octanol–water partition coefficient (Wildman–Crippen LogP) is 4.05. The van der Waals surface area contributed by atoms with E-state index < -0.39 is 18.0 Å². The number of carbonyl (C=O) groups excluding carboxylic acids is 2. The van der Waals surface area contributed by atoms with E-state index in [-0.39, 0.29) is 18.7 Å². The Kier molecular flexibility index (Phi) is 6.72. The highest BCUT2D eigenvalue weighted by Crippen LogP contribution is 2.29. The summed E-state index contributed by atoms with van der Waals surface area (Å²) in [6.07, 6.45) is 5.08. The maximum absolute atomic E-state index is 13.4. The van der Waals surface area contributed by atoms with Gasteiger partial charge in [0.05, 0.1) is 30.1 Å². The minimum absolute atomic E-state index is 0.0895. The van der Waals surface area contributed by atoms with Gasteiger partial charge in [-0.25, -0.2) is 14.3 Å². The molecule has 0 fully saturated rings. The summed E-state index contributed by atoms with van der Waals surface area (Å²) in [7, 11) is 0. The van der Waals surface area contributed by atoms with Crippen LogP contribution in [0.3, 0.4) is 0 Å². The van der Waals surface area contributed by atoms with Crippen LogP contribution >= 0.6 is 11.6 Å². The molecule has 1 aliphatic rings. The number of nitrogens with one attached hydrogen (secondary N) is 2. The first kappa shape index (κ1) is 23.3. The molecule has 2 aromatic heterocycles. The number of pyridine rings is 1. The van der Waals surface area contributed by atoms with Crippen molar-refractivity contribution < 1.29 is 14.3 Å². The summed E-state index contributed by atoms with van der Waals surface area (Å²) < 4.78 is 7.20. The van der Waals surface area contributed by atoms with Crippen molar-refractivity contribution in [1.29, 1.82) is 0 Å². The van der Waals surface area contributed by atoms with Crippen LogP contribution in [0.1, 0.15) is 17.2 Å². The summed E-state index contributed by atoms with van der Waals surface area (Å²) >= 11 is 6.06. The normalized spacial score (nSPS) is 15.2. The van der Waals surface area contributed by atoms with Gasteiger partial charge in [0.15, 0.2) is 0 Å². The molecule has 0 saturated carbocycles. The van der Waals surface area contributed by atoms with E-state index in [1.807, 2.05) is 42.5 Å². The average molecular weight is 501 g/mol. The van der Waals surface area contributed by atoms with Crippen LogP contribution in [0.15, 0.2) is 96.6 Å². The van der Waals surface area contributed by atoms with E-state index >= 15 is 0 Å². The van der Waals surface area contributed by atoms with Crippen molar-refractivity contribution in [3.8, 4) is 11.3 Å². The fourth-order valence-corrected chi connectivity index (χ4v) is 4.00. The Bertz CT molecular complexity index is 1400. The molecule has 1 atom stereocenters. The van der Waals surface area contributed by atoms with Gasteiger partial charge in [0.2, 0.25) is 0 Å². The molecule has 0 aliphatic carbocycles. The van der Waals surface area contributed by atoms with Gasteiger partial charge in [0, 0.05) is 23.0 Å². The van der Waals surface area contributed by atoms with E-state index in [1.54, 1.807) is 47.5 Å². The minimum Gasteiger partial charge on any atom is -0.457 e. The number of aromatic nitrogens is 4. The number of nitrogens with zero attached hydrogens (tertiary/aromatic N) is 4. The Morgan fingerprint density at radius 2 is 1.86 bits per heavy atom. The fraction of sp³-hybridized carbons (Fsp3) is 0.115. The summed E-state index contributed by atoms with van der Waals surface area (Å²) in [5.74, 6) is -0.561. The first-order valence-corrected chi connectivity index (χ1v) is 11.5. The van der Waals surface area contributed by atoms with Crippen LogP contribution in [0, 0.1) is 0 Å². The number of carbonyl (C=O) groups is 2. The number of hydrogen-bond donors (Lipinski definition) is 2. The molecule has 0 spiro atoms. The van der Waals surface area contributed by atoms with Gasteiger partial charge in [0.1, 0.15) is 12.3 Å². The van der Waals surface area contributed by atoms with Gasteiger partial charge in [-0.1, -0.05) is 59.3 Å². The minimum atomic E-state index is -0.740. The number of amides is 2. The Morgan fingerprint density at radius 1 is 1.06 bits per heavy atom. The predicted molar refractivity (Wildman–Crippen MR) is 132 cm³/mol. The van der Waals surface area contributed by atoms with E-state index in [2.05, 4.69) is 25.9 Å². The lowest BCUT2D eigenvalue weighted by Gasteiger charge is -2.29. The molecule has 3 heterocycles. The number of esters is 1. The molecule has 1 aliphatic heterocycles. The second kappa shape index (κ2) is 10.4. The molecule has 2 N–H and O–H groups in total. The zero-order chi connectivity index (χ0) is 24.9. The third-order valence-corrected chi connectivity index (χ3v) is 5.86. The van der Waals surface area contributed by atoms with Crippen LogP contribution in [0.4, 0.5) is 4.79 Å². The number of allylic oxidation sites excluding steroid dienone is 1. The number of halogens is 1. The van der Waals surface area contributed by atoms with Crippen LogP contribution in [-0.4, -0.2) is 32.0 Å². The Morgan fingerprint density at radius 3 is 2.61 bits per heavy atom. The van der Waals surface area contributed by atoms with Crippen molar-refractivity contribution in [2.45, 2.75) is 19.2 Å². The SMILES string of the molecule is O=C1NC(Cn2cc(-c3cccnc3)nn2)=C(C(=O)OCc2ccccc2)C(c2ccc(Cl)cc2)N1. The molecule has 1 unspecified atom stereocenters. The number of urea groups is 1. The first-order valence-electron chi connectivity index (χ1n) is 11.1. The zero-order valence-corrected chi connectivity index (χ0v) is 19.7. The molecule has 0 bridgehead atoms. The number of benzene rings is 2. The highest BCUT2D eigenvalue weighted by atomic mass is 35.5. The highest BCUT2D eigenvalue weighted by molar-refractivity contribution is 6.30. The van der Waals surface area contributed by atoms with E-state index in [4.69, 9.17) is 16.3 Å². The van der Waals surface area contributed by atoms with Gasteiger partial charge in [-0.15, -0.1) is 5.10 Å². The Labute approximate surface area is 211 Å². The van der Waals surface area contributed by atoms with Crippen LogP contribution in [0.25, 0.3) is 11.3 Å². The molecule has 10 heteroatoms. The molecular weight excluding hydrogens is 480 g/mol. The molecule has 5 rings (SSSR count). The monoisotopic (exact) mass is 500 g/mol. The van der Waals surface area contributed by atoms with Crippen molar-refractivity contribution in [2.75, 3.05) is 0 Å². The fourth-order valence-electron chi connectivity index (χ4n) is 3.87. The maximum atomic E-state index is 13.4. The average Bonchev–Trinajstić information content (AvgIpc) is 3.37. The topological polar surface area (TPSA) is 111 Å². The zero-order valence-electron chi connectivity index (χ0n) is 19.0. The molecule has 180 valence electrons. The molecule has 0 radical (unpaired) electrons. The lowest BCUT2D eigenvalue weighted by Crippen LogP contribution is -2.46. The molecule has 4 aromatic rings. The van der Waals surface area contributed by atoms with Crippen LogP contribution in [-0.2, 0) is 22.7 Å². The van der Waals surface area contributed by atoms with Gasteiger partial charge in [-0.2, -0.15) is 0 Å². The molecule has 0 saturated heterocycles. The summed E-state index contributed by atoms with van der Waals surface area (Å²) in [6.45, 7) is 0.187. The van der Waals surface area contributed by atoms with Crippen molar-refractivity contribution in [3.05, 3.63) is 113 Å². The third-order valence-electron chi connectivity index (χ3n) is 5.61. The summed E-state index contributed by atoms with van der Waals surface area (Å²) in [4.78, 5) is 30.1. The van der Waals surface area contributed by atoms with Crippen LogP contribution in [0.5, 0.6) is 0 Å². The highest BCUT2D eigenvalue weighted by Gasteiger charge is 2.34. The summed E-state index contributed by atoms with van der Waals surface area (Å²) in [6, 6.07) is 18.8. The van der Waals surface area contributed by atoms with Crippen LogP contribution in [0.2, 0.25) is 5.02 Å². The lowest BCUT2D eigenvalue weighted by atomic mass is 9.95.